The summed E-state index contributed by atoms with van der Waals surface area (Å²) in [7, 11) is 1.29. The minimum Gasteiger partial charge on any atom is -0.465 e. The molecule has 0 aliphatic rings. The summed E-state index contributed by atoms with van der Waals surface area (Å²) >= 11 is 1.31. The second kappa shape index (κ2) is 7.71. The summed E-state index contributed by atoms with van der Waals surface area (Å²) in [5.41, 5.74) is 2.41. The van der Waals surface area contributed by atoms with Crippen molar-refractivity contribution in [3.63, 3.8) is 0 Å². The molecular weight excluding hydrogens is 352 g/mol. The molecule has 3 rings (SSSR count). The molecule has 7 heteroatoms. The molecule has 0 aliphatic carbocycles. The molecular formula is C19H14N2O4S. The zero-order valence-electron chi connectivity index (χ0n) is 13.8. The normalized spacial score (nSPS) is 11.2. The van der Waals surface area contributed by atoms with Crippen molar-refractivity contribution in [2.75, 3.05) is 7.11 Å². The molecule has 6 nitrogen and oxygen atoms in total. The first kappa shape index (κ1) is 17.5. The number of benzene rings is 2. The molecule has 0 radical (unpaired) electrons. The van der Waals surface area contributed by atoms with Crippen molar-refractivity contribution in [1.29, 1.82) is 0 Å². The summed E-state index contributed by atoms with van der Waals surface area (Å²) in [6.07, 6.45) is 1.55. The molecule has 2 aromatic carbocycles. The van der Waals surface area contributed by atoms with E-state index in [4.69, 9.17) is 4.74 Å². The molecule has 0 amide bonds. The molecule has 0 spiro atoms. The molecule has 3 aromatic rings. The van der Waals surface area contributed by atoms with Crippen LogP contribution in [0.25, 0.3) is 22.9 Å². The van der Waals surface area contributed by atoms with E-state index in [9.17, 15) is 14.9 Å². The van der Waals surface area contributed by atoms with Gasteiger partial charge in [-0.15, -0.1) is 11.3 Å². The first-order valence-corrected chi connectivity index (χ1v) is 8.52. The van der Waals surface area contributed by atoms with Crippen LogP contribution in [0.5, 0.6) is 0 Å². The summed E-state index contributed by atoms with van der Waals surface area (Å²) in [5.74, 6) is -0.550. The number of methoxy groups -OCH3 is 1. The highest BCUT2D eigenvalue weighted by atomic mass is 32.1. The molecule has 130 valence electrons. The van der Waals surface area contributed by atoms with Crippen LogP contribution in [0.3, 0.4) is 0 Å². The maximum Gasteiger partial charge on any atom is 0.340 e. The maximum atomic E-state index is 12.2. The number of esters is 1. The van der Waals surface area contributed by atoms with Crippen molar-refractivity contribution in [3.05, 3.63) is 80.7 Å². The van der Waals surface area contributed by atoms with E-state index >= 15 is 0 Å². The number of nitro groups is 1. The summed E-state index contributed by atoms with van der Waals surface area (Å²) < 4.78 is 4.86. The highest BCUT2D eigenvalue weighted by Crippen LogP contribution is 2.28. The Balaban J connectivity index is 2.02. The quantitative estimate of drug-likeness (QED) is 0.289. The van der Waals surface area contributed by atoms with Crippen molar-refractivity contribution in [3.8, 4) is 11.3 Å². The molecule has 0 fully saturated rings. The van der Waals surface area contributed by atoms with E-state index in [1.807, 2.05) is 35.7 Å². The highest BCUT2D eigenvalue weighted by Gasteiger charge is 2.18. The Hall–Kier alpha value is -3.32. The van der Waals surface area contributed by atoms with Crippen molar-refractivity contribution >= 4 is 34.6 Å². The van der Waals surface area contributed by atoms with E-state index in [0.29, 0.717) is 10.6 Å². The molecule has 1 aromatic heterocycles. The van der Waals surface area contributed by atoms with Gasteiger partial charge in [0.15, 0.2) is 0 Å². The lowest BCUT2D eigenvalue weighted by atomic mass is 10.1. The van der Waals surface area contributed by atoms with Crippen LogP contribution < -0.4 is 0 Å². The number of hydrogen-bond acceptors (Lipinski definition) is 6. The Labute approximate surface area is 153 Å². The summed E-state index contributed by atoms with van der Waals surface area (Å²) in [4.78, 5) is 27.2. The number of ether oxygens (including phenoxy) is 1. The van der Waals surface area contributed by atoms with Crippen molar-refractivity contribution < 1.29 is 14.5 Å². The largest absolute Gasteiger partial charge is 0.465 e. The van der Waals surface area contributed by atoms with Gasteiger partial charge in [-0.05, 0) is 11.6 Å². The topological polar surface area (TPSA) is 82.3 Å². The number of non-ortho nitro benzene ring substituents is 1. The number of thiazole rings is 1. The van der Waals surface area contributed by atoms with Gasteiger partial charge in [-0.3, -0.25) is 10.1 Å². The lowest BCUT2D eigenvalue weighted by molar-refractivity contribution is -0.384. The monoisotopic (exact) mass is 366 g/mol. The third kappa shape index (κ3) is 3.84. The molecule has 1 heterocycles. The Kier molecular flexibility index (Phi) is 5.19. The van der Waals surface area contributed by atoms with Gasteiger partial charge in [0, 0.05) is 23.1 Å². The fourth-order valence-corrected chi connectivity index (χ4v) is 3.18. The van der Waals surface area contributed by atoms with Crippen molar-refractivity contribution in [1.82, 2.24) is 4.98 Å². The van der Waals surface area contributed by atoms with Gasteiger partial charge in [0.05, 0.1) is 23.3 Å². The lowest BCUT2D eigenvalue weighted by Crippen LogP contribution is -2.03. The summed E-state index contributed by atoms with van der Waals surface area (Å²) in [6.45, 7) is 0. The Morgan fingerprint density at radius 1 is 1.19 bits per heavy atom. The van der Waals surface area contributed by atoms with Crippen LogP contribution in [0.4, 0.5) is 5.69 Å². The third-order valence-corrected chi connectivity index (χ3v) is 4.48. The van der Waals surface area contributed by atoms with Crippen LogP contribution in [-0.2, 0) is 9.53 Å². The molecule has 0 saturated carbocycles. The number of hydrogen-bond donors (Lipinski definition) is 0. The van der Waals surface area contributed by atoms with Gasteiger partial charge in [0.2, 0.25) is 0 Å². The fraction of sp³-hybridized carbons (Fsp3) is 0.0526. The molecule has 0 bridgehead atoms. The number of carbonyl (C=O) groups excluding carboxylic acids is 1. The molecule has 0 atom stereocenters. The van der Waals surface area contributed by atoms with Crippen LogP contribution in [0, 0.1) is 10.1 Å². The number of carbonyl (C=O) groups is 1. The number of rotatable bonds is 5. The molecule has 0 saturated heterocycles. The van der Waals surface area contributed by atoms with Gasteiger partial charge in [0.25, 0.3) is 5.69 Å². The minimum absolute atomic E-state index is 0.0490. The van der Waals surface area contributed by atoms with E-state index < -0.39 is 10.9 Å². The zero-order chi connectivity index (χ0) is 18.5. The predicted molar refractivity (Wildman–Crippen MR) is 101 cm³/mol. The fourth-order valence-electron chi connectivity index (χ4n) is 2.35. The zero-order valence-corrected chi connectivity index (χ0v) is 14.6. The van der Waals surface area contributed by atoms with Gasteiger partial charge in [-0.2, -0.15) is 0 Å². The minimum atomic E-state index is -0.550. The second-order valence-corrected chi connectivity index (χ2v) is 6.16. The molecule has 0 unspecified atom stereocenters. The highest BCUT2D eigenvalue weighted by molar-refractivity contribution is 7.11. The van der Waals surface area contributed by atoms with Crippen LogP contribution in [0.15, 0.2) is 60.0 Å². The second-order valence-electron chi connectivity index (χ2n) is 5.31. The van der Waals surface area contributed by atoms with Gasteiger partial charge in [-0.1, -0.05) is 42.5 Å². The van der Waals surface area contributed by atoms with Gasteiger partial charge in [-0.25, -0.2) is 9.78 Å². The van der Waals surface area contributed by atoms with Crippen LogP contribution in [-0.4, -0.2) is 23.0 Å². The maximum absolute atomic E-state index is 12.2. The molecule has 0 aliphatic heterocycles. The van der Waals surface area contributed by atoms with Crippen LogP contribution >= 0.6 is 11.3 Å². The average molecular weight is 366 g/mol. The van der Waals surface area contributed by atoms with E-state index in [-0.39, 0.29) is 11.3 Å². The average Bonchev–Trinajstić information content (AvgIpc) is 3.16. The van der Waals surface area contributed by atoms with E-state index in [1.54, 1.807) is 18.2 Å². The van der Waals surface area contributed by atoms with Gasteiger partial charge in [0.1, 0.15) is 5.01 Å². The van der Waals surface area contributed by atoms with Crippen LogP contribution in [0.2, 0.25) is 0 Å². The number of nitro benzene ring substituents is 1. The third-order valence-electron chi connectivity index (χ3n) is 3.60. The number of aromatic nitrogens is 1. The summed E-state index contributed by atoms with van der Waals surface area (Å²) in [5, 5.41) is 13.3. The SMILES string of the molecule is COC(=O)/C(=C\c1cccc([N+](=O)[O-])c1)c1nc(-c2ccccc2)cs1. The Morgan fingerprint density at radius 2 is 1.96 bits per heavy atom. The Morgan fingerprint density at radius 3 is 2.65 bits per heavy atom. The van der Waals surface area contributed by atoms with Gasteiger partial charge < -0.3 is 4.74 Å². The number of nitrogens with zero attached hydrogens (tertiary/aromatic N) is 2. The predicted octanol–water partition coefficient (Wildman–Crippen LogP) is 4.43. The van der Waals surface area contributed by atoms with Crippen LogP contribution in [0.1, 0.15) is 10.6 Å². The van der Waals surface area contributed by atoms with Gasteiger partial charge >= 0.3 is 5.97 Å². The molecule has 26 heavy (non-hydrogen) atoms. The van der Waals surface area contributed by atoms with E-state index in [0.717, 1.165) is 11.3 Å². The van der Waals surface area contributed by atoms with Crippen molar-refractivity contribution in [2.24, 2.45) is 0 Å². The summed E-state index contributed by atoms with van der Waals surface area (Å²) in [6, 6.07) is 15.6. The standard InChI is InChI=1S/C19H14N2O4S/c1-25-19(22)16(11-13-6-5-9-15(10-13)21(23)24)18-20-17(12-26-18)14-7-3-2-4-8-14/h2-12H,1H3/b16-11-. The molecule has 0 N–H and O–H groups in total. The smallest absolute Gasteiger partial charge is 0.340 e. The Bertz CT molecular complexity index is 980. The van der Waals surface area contributed by atoms with Crippen molar-refractivity contribution in [2.45, 2.75) is 0 Å². The van der Waals surface area contributed by atoms with E-state index in [2.05, 4.69) is 4.98 Å². The first-order chi connectivity index (χ1) is 12.6. The first-order valence-electron chi connectivity index (χ1n) is 7.64. The van der Waals surface area contributed by atoms with E-state index in [1.165, 1.54) is 30.6 Å². The lowest BCUT2D eigenvalue weighted by Gasteiger charge is -2.03.